The average Bonchev–Trinajstić information content (AvgIpc) is 2.45. The molecule has 0 aromatic heterocycles. The van der Waals surface area contributed by atoms with Gasteiger partial charge in [0, 0.05) is 13.0 Å². The number of hydrogen-bond donors (Lipinski definition) is 0. The molecule has 16 heavy (non-hydrogen) atoms. The van der Waals surface area contributed by atoms with Crippen LogP contribution in [0.3, 0.4) is 0 Å². The average molecular weight is 228 g/mol. The van der Waals surface area contributed by atoms with Gasteiger partial charge in [-0.3, -0.25) is 0 Å². The Morgan fingerprint density at radius 3 is 2.25 bits per heavy atom. The summed E-state index contributed by atoms with van der Waals surface area (Å²) in [6.07, 6.45) is 2.75. The predicted molar refractivity (Wildman–Crippen MR) is 67.6 cm³/mol. The molecule has 0 aromatic carbocycles. The fraction of sp³-hybridized carbons (Fsp3) is 1.00. The molecule has 0 amide bonds. The molecule has 1 heterocycles. The van der Waals surface area contributed by atoms with Crippen LogP contribution in [-0.4, -0.2) is 26.4 Å². The molecule has 1 aliphatic rings. The summed E-state index contributed by atoms with van der Waals surface area (Å²) in [5.74, 6) is 0.572. The van der Waals surface area contributed by atoms with Crippen LogP contribution in [0.5, 0.6) is 0 Å². The zero-order valence-corrected chi connectivity index (χ0v) is 11.8. The van der Waals surface area contributed by atoms with Crippen molar-refractivity contribution in [2.75, 3.05) is 20.3 Å². The highest BCUT2D eigenvalue weighted by atomic mass is 16.5. The van der Waals surface area contributed by atoms with E-state index in [9.17, 15) is 0 Å². The van der Waals surface area contributed by atoms with Crippen LogP contribution in [0.25, 0.3) is 0 Å². The highest BCUT2D eigenvalue weighted by Crippen LogP contribution is 2.39. The van der Waals surface area contributed by atoms with E-state index >= 15 is 0 Å². The maximum Gasteiger partial charge on any atom is 0.0854 e. The van der Waals surface area contributed by atoms with Crippen molar-refractivity contribution in [3.63, 3.8) is 0 Å². The Morgan fingerprint density at radius 1 is 1.12 bits per heavy atom. The number of hydrogen-bond acceptors (Lipinski definition) is 2. The van der Waals surface area contributed by atoms with Crippen LogP contribution in [0, 0.1) is 16.7 Å². The Hall–Kier alpha value is -0.0800. The second-order valence-corrected chi connectivity index (χ2v) is 7.18. The highest BCUT2D eigenvalue weighted by Gasteiger charge is 2.35. The summed E-state index contributed by atoms with van der Waals surface area (Å²) in [6, 6.07) is 0. The quantitative estimate of drug-likeness (QED) is 0.733. The number of ether oxygens (including phenoxy) is 2. The molecule has 2 heteroatoms. The first-order valence-corrected chi connectivity index (χ1v) is 6.34. The van der Waals surface area contributed by atoms with Crippen molar-refractivity contribution in [1.29, 1.82) is 0 Å². The van der Waals surface area contributed by atoms with Gasteiger partial charge in [0.25, 0.3) is 0 Å². The van der Waals surface area contributed by atoms with Gasteiger partial charge >= 0.3 is 0 Å². The molecule has 2 nitrogen and oxygen atoms in total. The molecule has 0 N–H and O–H groups in total. The van der Waals surface area contributed by atoms with E-state index in [1.165, 1.54) is 12.8 Å². The zero-order chi connectivity index (χ0) is 12.4. The molecule has 96 valence electrons. The molecule has 1 fully saturated rings. The van der Waals surface area contributed by atoms with Crippen molar-refractivity contribution in [3.05, 3.63) is 0 Å². The lowest BCUT2D eigenvalue weighted by Gasteiger charge is -2.35. The van der Waals surface area contributed by atoms with Crippen LogP contribution in [-0.2, 0) is 9.47 Å². The first kappa shape index (κ1) is 14.0. The van der Waals surface area contributed by atoms with Gasteiger partial charge in [0.15, 0.2) is 0 Å². The van der Waals surface area contributed by atoms with Crippen molar-refractivity contribution in [1.82, 2.24) is 0 Å². The molecular weight excluding hydrogens is 200 g/mol. The Bertz CT molecular complexity index is 215. The van der Waals surface area contributed by atoms with Gasteiger partial charge < -0.3 is 9.47 Å². The lowest BCUT2D eigenvalue weighted by molar-refractivity contribution is 0.0502. The minimum atomic E-state index is 0.305. The van der Waals surface area contributed by atoms with Crippen LogP contribution in [0.1, 0.15) is 47.5 Å². The maximum absolute atomic E-state index is 5.51. The fourth-order valence-electron chi connectivity index (χ4n) is 3.25. The normalized spacial score (nSPS) is 27.4. The lowest BCUT2D eigenvalue weighted by atomic mass is 9.71. The van der Waals surface area contributed by atoms with Gasteiger partial charge in [-0.1, -0.05) is 34.6 Å². The second kappa shape index (κ2) is 5.05. The molecule has 0 radical (unpaired) electrons. The van der Waals surface area contributed by atoms with Gasteiger partial charge in [-0.15, -0.1) is 0 Å². The first-order chi connectivity index (χ1) is 7.23. The fourth-order valence-corrected chi connectivity index (χ4v) is 3.25. The van der Waals surface area contributed by atoms with Crippen LogP contribution in [0.4, 0.5) is 0 Å². The van der Waals surface area contributed by atoms with Crippen LogP contribution < -0.4 is 0 Å². The Kier molecular flexibility index (Phi) is 4.42. The van der Waals surface area contributed by atoms with Crippen molar-refractivity contribution in [2.24, 2.45) is 16.7 Å². The van der Waals surface area contributed by atoms with Crippen LogP contribution >= 0.6 is 0 Å². The summed E-state index contributed by atoms with van der Waals surface area (Å²) in [6.45, 7) is 13.3. The first-order valence-electron chi connectivity index (χ1n) is 6.34. The van der Waals surface area contributed by atoms with Gasteiger partial charge in [-0.05, 0) is 23.7 Å². The highest BCUT2D eigenvalue weighted by molar-refractivity contribution is 4.84. The minimum Gasteiger partial charge on any atom is -0.379 e. The molecule has 0 aliphatic carbocycles. The van der Waals surface area contributed by atoms with Crippen molar-refractivity contribution in [3.8, 4) is 0 Å². The SMILES string of the molecule is COC1COCC1CC(C)(C)CC(C)(C)C. The number of methoxy groups -OCH3 is 1. The molecular formula is C14H28O2. The van der Waals surface area contributed by atoms with Gasteiger partial charge in [0.2, 0.25) is 0 Å². The van der Waals surface area contributed by atoms with Crippen molar-refractivity contribution in [2.45, 2.75) is 53.6 Å². The Balaban J connectivity index is 2.51. The van der Waals surface area contributed by atoms with Crippen LogP contribution in [0.2, 0.25) is 0 Å². The molecule has 1 saturated heterocycles. The number of rotatable bonds is 4. The summed E-state index contributed by atoms with van der Waals surface area (Å²) in [5.41, 5.74) is 0.763. The predicted octanol–water partition coefficient (Wildman–Crippen LogP) is 3.50. The van der Waals surface area contributed by atoms with E-state index in [1.807, 2.05) is 0 Å². The smallest absolute Gasteiger partial charge is 0.0854 e. The van der Waals surface area contributed by atoms with Gasteiger partial charge in [-0.2, -0.15) is 0 Å². The maximum atomic E-state index is 5.51. The van der Waals surface area contributed by atoms with E-state index in [0.717, 1.165) is 13.2 Å². The van der Waals surface area contributed by atoms with Crippen molar-refractivity contribution < 1.29 is 9.47 Å². The summed E-state index contributed by atoms with van der Waals surface area (Å²) >= 11 is 0. The second-order valence-electron chi connectivity index (χ2n) is 7.18. The molecule has 2 atom stereocenters. The topological polar surface area (TPSA) is 18.5 Å². The summed E-state index contributed by atoms with van der Waals surface area (Å²) in [4.78, 5) is 0. The molecule has 1 rings (SSSR count). The van der Waals surface area contributed by atoms with E-state index in [2.05, 4.69) is 34.6 Å². The van der Waals surface area contributed by atoms with Crippen molar-refractivity contribution >= 4 is 0 Å². The third-order valence-electron chi connectivity index (χ3n) is 3.27. The van der Waals surface area contributed by atoms with E-state index in [4.69, 9.17) is 9.47 Å². The largest absolute Gasteiger partial charge is 0.379 e. The van der Waals surface area contributed by atoms with E-state index in [-0.39, 0.29) is 0 Å². The molecule has 1 aliphatic heterocycles. The lowest BCUT2D eigenvalue weighted by Crippen LogP contribution is -2.29. The van der Waals surface area contributed by atoms with Gasteiger partial charge in [0.1, 0.15) is 0 Å². The van der Waals surface area contributed by atoms with E-state index in [1.54, 1.807) is 7.11 Å². The van der Waals surface area contributed by atoms with E-state index < -0.39 is 0 Å². The van der Waals surface area contributed by atoms with Crippen LogP contribution in [0.15, 0.2) is 0 Å². The molecule has 0 aromatic rings. The Morgan fingerprint density at radius 2 is 1.75 bits per heavy atom. The van der Waals surface area contributed by atoms with E-state index in [0.29, 0.717) is 22.9 Å². The Labute approximate surface area is 101 Å². The third-order valence-corrected chi connectivity index (χ3v) is 3.27. The summed E-state index contributed by atoms with van der Waals surface area (Å²) in [5, 5.41) is 0. The molecule has 0 saturated carbocycles. The monoisotopic (exact) mass is 228 g/mol. The third kappa shape index (κ3) is 4.42. The minimum absolute atomic E-state index is 0.305. The molecule has 0 spiro atoms. The van der Waals surface area contributed by atoms with Gasteiger partial charge in [0.05, 0.1) is 19.3 Å². The summed E-state index contributed by atoms with van der Waals surface area (Å²) < 4.78 is 11.0. The standard InChI is InChI=1S/C14H28O2/c1-13(2,3)10-14(4,5)7-11-8-16-9-12(11)15-6/h11-12H,7-10H2,1-6H3. The summed E-state index contributed by atoms with van der Waals surface area (Å²) in [7, 11) is 1.79. The van der Waals surface area contributed by atoms with Gasteiger partial charge in [-0.25, -0.2) is 0 Å². The molecule has 2 unspecified atom stereocenters. The molecule has 0 bridgehead atoms. The zero-order valence-electron chi connectivity index (χ0n) is 11.8.